The summed E-state index contributed by atoms with van der Waals surface area (Å²) in [6.07, 6.45) is 2.59. The molecule has 1 heterocycles. The van der Waals surface area contributed by atoms with E-state index in [0.717, 1.165) is 11.6 Å². The fourth-order valence-corrected chi connectivity index (χ4v) is 2.06. The number of benzene rings is 1. The summed E-state index contributed by atoms with van der Waals surface area (Å²) in [7, 11) is -3.25. The molecule has 0 aliphatic carbocycles. The van der Waals surface area contributed by atoms with E-state index >= 15 is 0 Å². The van der Waals surface area contributed by atoms with Crippen molar-refractivity contribution < 1.29 is 12.8 Å². The highest BCUT2D eigenvalue weighted by atomic mass is 32.2. The molecule has 0 amide bonds. The van der Waals surface area contributed by atoms with Gasteiger partial charge in [0.15, 0.2) is 0 Å². The summed E-state index contributed by atoms with van der Waals surface area (Å²) >= 11 is 0. The molecule has 4 heteroatoms. The van der Waals surface area contributed by atoms with Crippen LogP contribution in [0.4, 0.5) is 0 Å². The minimum Gasteiger partial charge on any atom is -0.452 e. The van der Waals surface area contributed by atoms with E-state index in [2.05, 4.69) is 0 Å². The van der Waals surface area contributed by atoms with Gasteiger partial charge in [0.2, 0.25) is 14.9 Å². The fourth-order valence-electron chi connectivity index (χ4n) is 1.25. The summed E-state index contributed by atoms with van der Waals surface area (Å²) in [6.45, 7) is 0. The molecule has 1 aromatic heterocycles. The topological polar surface area (TPSA) is 47.3 Å². The zero-order valence-electron chi connectivity index (χ0n) is 7.02. The highest BCUT2D eigenvalue weighted by Crippen LogP contribution is 2.24. The predicted octanol–water partition coefficient (Wildman–Crippen LogP) is 1.84. The number of hydrogen-bond acceptors (Lipinski definition) is 3. The van der Waals surface area contributed by atoms with Crippen LogP contribution >= 0.6 is 0 Å². The monoisotopic (exact) mass is 196 g/mol. The van der Waals surface area contributed by atoms with Gasteiger partial charge in [0.25, 0.3) is 0 Å². The van der Waals surface area contributed by atoms with Crippen molar-refractivity contribution >= 4 is 20.6 Å². The Morgan fingerprint density at radius 2 is 1.92 bits per heavy atom. The molecule has 0 saturated heterocycles. The van der Waals surface area contributed by atoms with Crippen LogP contribution < -0.4 is 0 Å². The predicted molar refractivity (Wildman–Crippen MR) is 49.3 cm³/mol. The molecule has 0 spiro atoms. The van der Waals surface area contributed by atoms with E-state index in [1.54, 1.807) is 12.1 Å². The van der Waals surface area contributed by atoms with Crippen molar-refractivity contribution in [2.45, 2.75) is 5.09 Å². The lowest BCUT2D eigenvalue weighted by atomic mass is 10.2. The van der Waals surface area contributed by atoms with E-state index in [1.807, 2.05) is 12.1 Å². The van der Waals surface area contributed by atoms with Crippen molar-refractivity contribution in [3.63, 3.8) is 0 Å². The zero-order chi connectivity index (χ0) is 9.47. The van der Waals surface area contributed by atoms with Gasteiger partial charge in [0.05, 0.1) is 0 Å². The second-order valence-electron chi connectivity index (χ2n) is 2.88. The Morgan fingerprint density at radius 3 is 2.62 bits per heavy atom. The van der Waals surface area contributed by atoms with E-state index in [-0.39, 0.29) is 5.09 Å². The molecule has 0 atom stereocenters. The van der Waals surface area contributed by atoms with Crippen LogP contribution in [-0.4, -0.2) is 14.7 Å². The molecule has 3 nitrogen and oxygen atoms in total. The third-order valence-electron chi connectivity index (χ3n) is 1.81. The Bertz CT molecular complexity index is 537. The van der Waals surface area contributed by atoms with Crippen LogP contribution in [0.5, 0.6) is 0 Å². The average Bonchev–Trinajstić information content (AvgIpc) is 2.45. The first kappa shape index (κ1) is 8.31. The summed E-state index contributed by atoms with van der Waals surface area (Å²) < 4.78 is 27.4. The summed E-state index contributed by atoms with van der Waals surface area (Å²) in [5, 5.41) is 1.50. The highest BCUT2D eigenvalue weighted by Gasteiger charge is 2.15. The summed E-state index contributed by atoms with van der Waals surface area (Å²) in [5.41, 5.74) is 0. The number of hydrogen-bond donors (Lipinski definition) is 0. The van der Waals surface area contributed by atoms with E-state index < -0.39 is 9.84 Å². The van der Waals surface area contributed by atoms with Gasteiger partial charge >= 0.3 is 0 Å². The molecular formula is C9H8O3S. The Balaban J connectivity index is 2.87. The van der Waals surface area contributed by atoms with Gasteiger partial charge in [-0.2, -0.15) is 0 Å². The van der Waals surface area contributed by atoms with Crippen LogP contribution in [0.3, 0.4) is 0 Å². The molecule has 0 fully saturated rings. The normalized spacial score (nSPS) is 12.1. The lowest BCUT2D eigenvalue weighted by Crippen LogP contribution is -1.94. The molecule has 0 aliphatic rings. The van der Waals surface area contributed by atoms with Crippen LogP contribution in [0.25, 0.3) is 10.8 Å². The first-order chi connectivity index (χ1) is 6.09. The Morgan fingerprint density at radius 1 is 1.23 bits per heavy atom. The van der Waals surface area contributed by atoms with Gasteiger partial charge in [-0.05, 0) is 6.07 Å². The second-order valence-corrected chi connectivity index (χ2v) is 4.80. The van der Waals surface area contributed by atoms with E-state index in [1.165, 1.54) is 6.26 Å². The lowest BCUT2D eigenvalue weighted by molar-refractivity contribution is 0.458. The maximum absolute atomic E-state index is 11.2. The molecule has 13 heavy (non-hydrogen) atoms. The smallest absolute Gasteiger partial charge is 0.225 e. The SMILES string of the molecule is CS(=O)(=O)c1occ2ccccc12. The van der Waals surface area contributed by atoms with Gasteiger partial charge in [0, 0.05) is 17.0 Å². The van der Waals surface area contributed by atoms with Crippen molar-refractivity contribution in [1.82, 2.24) is 0 Å². The van der Waals surface area contributed by atoms with Gasteiger partial charge in [0.1, 0.15) is 6.26 Å². The van der Waals surface area contributed by atoms with E-state index in [9.17, 15) is 8.42 Å². The number of sulfone groups is 1. The molecule has 0 N–H and O–H groups in total. The van der Waals surface area contributed by atoms with Crippen LogP contribution in [0, 0.1) is 0 Å². The number of fused-ring (bicyclic) bond motifs is 1. The molecule has 0 radical (unpaired) electrons. The maximum atomic E-state index is 11.2. The van der Waals surface area contributed by atoms with Crippen molar-refractivity contribution in [2.75, 3.05) is 6.26 Å². The summed E-state index contributed by atoms with van der Waals surface area (Å²) in [5.74, 6) is 0. The molecule has 0 aliphatic heterocycles. The Labute approximate surface area is 75.9 Å². The standard InChI is InChI=1S/C9H8O3S/c1-13(10,11)9-8-5-3-2-4-7(8)6-12-9/h2-6H,1H3. The Hall–Kier alpha value is -1.29. The lowest BCUT2D eigenvalue weighted by Gasteiger charge is -1.91. The molecular weight excluding hydrogens is 188 g/mol. The van der Waals surface area contributed by atoms with Crippen molar-refractivity contribution in [1.29, 1.82) is 0 Å². The first-order valence-corrected chi connectivity index (χ1v) is 5.64. The third-order valence-corrected chi connectivity index (χ3v) is 2.80. The van der Waals surface area contributed by atoms with Crippen LogP contribution in [0.15, 0.2) is 40.0 Å². The highest BCUT2D eigenvalue weighted by molar-refractivity contribution is 7.90. The maximum Gasteiger partial charge on any atom is 0.225 e. The minimum atomic E-state index is -3.25. The number of rotatable bonds is 1. The molecule has 68 valence electrons. The number of furan rings is 1. The van der Waals surface area contributed by atoms with Gasteiger partial charge < -0.3 is 4.42 Å². The van der Waals surface area contributed by atoms with Crippen LogP contribution in [0.2, 0.25) is 0 Å². The largest absolute Gasteiger partial charge is 0.452 e. The zero-order valence-corrected chi connectivity index (χ0v) is 7.84. The van der Waals surface area contributed by atoms with E-state index in [0.29, 0.717) is 5.39 Å². The molecule has 2 aromatic rings. The Kier molecular flexibility index (Phi) is 1.66. The van der Waals surface area contributed by atoms with Crippen LogP contribution in [0.1, 0.15) is 0 Å². The first-order valence-electron chi connectivity index (χ1n) is 3.75. The molecule has 0 bridgehead atoms. The van der Waals surface area contributed by atoms with Crippen molar-refractivity contribution in [2.24, 2.45) is 0 Å². The van der Waals surface area contributed by atoms with Gasteiger partial charge in [-0.3, -0.25) is 0 Å². The summed E-state index contributed by atoms with van der Waals surface area (Å²) in [4.78, 5) is 0. The van der Waals surface area contributed by atoms with E-state index in [4.69, 9.17) is 4.42 Å². The second kappa shape index (κ2) is 2.60. The third kappa shape index (κ3) is 1.33. The summed E-state index contributed by atoms with van der Waals surface area (Å²) in [6, 6.07) is 7.17. The quantitative estimate of drug-likeness (QED) is 0.699. The van der Waals surface area contributed by atoms with Gasteiger partial charge in [-0.1, -0.05) is 18.2 Å². The molecule has 0 unspecified atom stereocenters. The fraction of sp³-hybridized carbons (Fsp3) is 0.111. The molecule has 2 rings (SSSR count). The van der Waals surface area contributed by atoms with Gasteiger partial charge in [-0.25, -0.2) is 8.42 Å². The average molecular weight is 196 g/mol. The van der Waals surface area contributed by atoms with Gasteiger partial charge in [-0.15, -0.1) is 0 Å². The minimum absolute atomic E-state index is 0.0445. The van der Waals surface area contributed by atoms with Crippen molar-refractivity contribution in [3.8, 4) is 0 Å². The molecule has 1 aromatic carbocycles. The van der Waals surface area contributed by atoms with Crippen molar-refractivity contribution in [3.05, 3.63) is 30.5 Å². The molecule has 0 saturated carbocycles. The van der Waals surface area contributed by atoms with Crippen LogP contribution in [-0.2, 0) is 9.84 Å².